The Balaban J connectivity index is 2.36. The molecule has 2 rings (SSSR count). The van der Waals surface area contributed by atoms with Crippen molar-refractivity contribution < 1.29 is 13.9 Å². The van der Waals surface area contributed by atoms with E-state index in [2.05, 4.69) is 0 Å². The van der Waals surface area contributed by atoms with Gasteiger partial charge in [-0.1, -0.05) is 11.6 Å². The molecule has 0 unspecified atom stereocenters. The van der Waals surface area contributed by atoms with Gasteiger partial charge in [0.05, 0.1) is 12.4 Å². The number of carbonyl (C=O) groups is 1. The minimum absolute atomic E-state index is 0.00598. The maximum absolute atomic E-state index is 12.0. The first kappa shape index (κ1) is 17.1. The average molecular weight is 350 g/mol. The molecule has 23 heavy (non-hydrogen) atoms. The average Bonchev–Trinajstić information content (AvgIpc) is 2.53. The highest BCUT2D eigenvalue weighted by Gasteiger charge is 2.15. The molecule has 118 valence electrons. The molecular formula is C16H12ClNO4S. The maximum atomic E-state index is 12.0. The van der Waals surface area contributed by atoms with E-state index >= 15 is 0 Å². The summed E-state index contributed by atoms with van der Waals surface area (Å²) in [6.45, 7) is 1.98. The van der Waals surface area contributed by atoms with E-state index in [1.54, 1.807) is 37.3 Å². The summed E-state index contributed by atoms with van der Waals surface area (Å²) in [6.07, 6.45) is 0. The van der Waals surface area contributed by atoms with Crippen LogP contribution < -0.4 is 5.63 Å². The fourth-order valence-electron chi connectivity index (χ4n) is 1.78. The smallest absolute Gasteiger partial charge is 0.355 e. The lowest BCUT2D eigenvalue weighted by atomic mass is 10.1. The highest BCUT2D eigenvalue weighted by Crippen LogP contribution is 2.27. The number of hydrogen-bond acceptors (Lipinski definition) is 6. The van der Waals surface area contributed by atoms with Gasteiger partial charge < -0.3 is 9.15 Å². The molecule has 0 bridgehead atoms. The molecule has 0 N–H and O–H groups in total. The van der Waals surface area contributed by atoms with E-state index in [9.17, 15) is 9.59 Å². The van der Waals surface area contributed by atoms with Crippen LogP contribution in [0.3, 0.4) is 0 Å². The minimum Gasteiger partial charge on any atom is -0.465 e. The molecule has 0 aliphatic rings. The van der Waals surface area contributed by atoms with Gasteiger partial charge in [-0.05, 0) is 37.3 Å². The number of thioether (sulfide) groups is 1. The van der Waals surface area contributed by atoms with Crippen LogP contribution >= 0.6 is 23.4 Å². The zero-order valence-electron chi connectivity index (χ0n) is 12.2. The fourth-order valence-corrected chi connectivity index (χ4v) is 2.73. The van der Waals surface area contributed by atoms with Crippen LogP contribution in [0.25, 0.3) is 11.3 Å². The van der Waals surface area contributed by atoms with Crippen molar-refractivity contribution in [1.29, 1.82) is 5.26 Å². The molecule has 5 nitrogen and oxygen atoms in total. The second-order valence-electron chi connectivity index (χ2n) is 4.35. The van der Waals surface area contributed by atoms with Crippen molar-refractivity contribution in [2.24, 2.45) is 0 Å². The fraction of sp³-hybridized carbons (Fsp3) is 0.188. The van der Waals surface area contributed by atoms with Crippen LogP contribution in [-0.4, -0.2) is 18.3 Å². The molecule has 2 aromatic rings. The van der Waals surface area contributed by atoms with Crippen LogP contribution in [0.2, 0.25) is 5.02 Å². The first-order valence-electron chi connectivity index (χ1n) is 6.67. The standard InChI is InChI=1S/C16H12ClNO4S/c1-2-21-15(19)9-23-14-7-13(22-16(20)12(14)8-18)10-3-5-11(17)6-4-10/h3-7H,2,9H2,1H3. The Morgan fingerprint density at radius 3 is 2.70 bits per heavy atom. The van der Waals surface area contributed by atoms with Gasteiger partial charge in [0.15, 0.2) is 5.56 Å². The Kier molecular flexibility index (Phi) is 5.85. The highest BCUT2D eigenvalue weighted by molar-refractivity contribution is 8.00. The Morgan fingerprint density at radius 2 is 2.09 bits per heavy atom. The molecule has 0 aliphatic carbocycles. The molecule has 1 aromatic heterocycles. The van der Waals surface area contributed by atoms with Crippen LogP contribution in [0.15, 0.2) is 44.4 Å². The van der Waals surface area contributed by atoms with Crippen molar-refractivity contribution in [2.75, 3.05) is 12.4 Å². The summed E-state index contributed by atoms with van der Waals surface area (Å²) in [5.74, 6) is -0.105. The summed E-state index contributed by atoms with van der Waals surface area (Å²) in [6, 6.07) is 10.1. The van der Waals surface area contributed by atoms with Crippen molar-refractivity contribution in [2.45, 2.75) is 11.8 Å². The predicted molar refractivity (Wildman–Crippen MR) is 87.5 cm³/mol. The molecule has 0 saturated carbocycles. The molecular weight excluding hydrogens is 338 g/mol. The van der Waals surface area contributed by atoms with Crippen LogP contribution in [-0.2, 0) is 9.53 Å². The number of nitrogens with zero attached hydrogens (tertiary/aromatic N) is 1. The number of halogens is 1. The molecule has 7 heteroatoms. The topological polar surface area (TPSA) is 80.3 Å². The van der Waals surface area contributed by atoms with E-state index in [0.717, 1.165) is 11.8 Å². The van der Waals surface area contributed by atoms with Crippen molar-refractivity contribution >= 4 is 29.3 Å². The maximum Gasteiger partial charge on any atom is 0.355 e. The Hall–Kier alpha value is -2.23. The van der Waals surface area contributed by atoms with Crippen LogP contribution in [0, 0.1) is 11.3 Å². The number of benzene rings is 1. The number of esters is 1. The summed E-state index contributed by atoms with van der Waals surface area (Å²) < 4.78 is 10.0. The Morgan fingerprint density at radius 1 is 1.39 bits per heavy atom. The van der Waals surface area contributed by atoms with E-state index in [0.29, 0.717) is 21.2 Å². The van der Waals surface area contributed by atoms with E-state index in [-0.39, 0.29) is 17.9 Å². The molecule has 1 aromatic carbocycles. The summed E-state index contributed by atoms with van der Waals surface area (Å²) in [4.78, 5) is 23.8. The van der Waals surface area contributed by atoms with Gasteiger partial charge >= 0.3 is 11.6 Å². The summed E-state index contributed by atoms with van der Waals surface area (Å²) in [7, 11) is 0. The van der Waals surface area contributed by atoms with Gasteiger partial charge in [0.1, 0.15) is 11.8 Å². The number of rotatable bonds is 5. The molecule has 1 heterocycles. The molecule has 0 spiro atoms. The van der Waals surface area contributed by atoms with Gasteiger partial charge in [0, 0.05) is 15.5 Å². The third kappa shape index (κ3) is 4.38. The third-order valence-corrected chi connectivity index (χ3v) is 4.07. The van der Waals surface area contributed by atoms with Gasteiger partial charge in [0.2, 0.25) is 0 Å². The van der Waals surface area contributed by atoms with Gasteiger partial charge in [-0.3, -0.25) is 4.79 Å². The number of carbonyl (C=O) groups excluding carboxylic acids is 1. The van der Waals surface area contributed by atoms with Gasteiger partial charge in [-0.2, -0.15) is 5.26 Å². The molecule has 0 radical (unpaired) electrons. The van der Waals surface area contributed by atoms with Gasteiger partial charge in [-0.25, -0.2) is 4.79 Å². The molecule has 0 amide bonds. The minimum atomic E-state index is -0.744. The van der Waals surface area contributed by atoms with Crippen molar-refractivity contribution in [3.8, 4) is 17.4 Å². The van der Waals surface area contributed by atoms with Crippen molar-refractivity contribution in [1.82, 2.24) is 0 Å². The van der Waals surface area contributed by atoms with Crippen LogP contribution in [0.1, 0.15) is 12.5 Å². The second-order valence-corrected chi connectivity index (χ2v) is 5.80. The molecule has 0 saturated heterocycles. The monoisotopic (exact) mass is 349 g/mol. The zero-order chi connectivity index (χ0) is 16.8. The second kappa shape index (κ2) is 7.86. The lowest BCUT2D eigenvalue weighted by Crippen LogP contribution is -2.10. The SMILES string of the molecule is CCOC(=O)CSc1cc(-c2ccc(Cl)cc2)oc(=O)c1C#N. The first-order chi connectivity index (χ1) is 11.0. The Bertz CT molecular complexity index is 808. The first-order valence-corrected chi connectivity index (χ1v) is 8.04. The van der Waals surface area contributed by atoms with Gasteiger partial charge in [0.25, 0.3) is 0 Å². The predicted octanol–water partition coefficient (Wildman–Crippen LogP) is 3.49. The summed E-state index contributed by atoms with van der Waals surface area (Å²) >= 11 is 6.90. The van der Waals surface area contributed by atoms with Crippen molar-refractivity contribution in [3.63, 3.8) is 0 Å². The highest BCUT2D eigenvalue weighted by atomic mass is 35.5. The number of ether oxygens (including phenoxy) is 1. The quantitative estimate of drug-likeness (QED) is 0.607. The van der Waals surface area contributed by atoms with Crippen LogP contribution in [0.4, 0.5) is 0 Å². The normalized spacial score (nSPS) is 10.1. The van der Waals surface area contributed by atoms with Crippen molar-refractivity contribution in [3.05, 3.63) is 51.3 Å². The van der Waals surface area contributed by atoms with E-state index in [4.69, 9.17) is 26.0 Å². The third-order valence-electron chi connectivity index (χ3n) is 2.81. The zero-order valence-corrected chi connectivity index (χ0v) is 13.7. The van der Waals surface area contributed by atoms with Gasteiger partial charge in [-0.15, -0.1) is 11.8 Å². The lowest BCUT2D eigenvalue weighted by Gasteiger charge is -2.06. The molecule has 0 atom stereocenters. The number of hydrogen-bond donors (Lipinski definition) is 0. The Labute approximate surface area is 141 Å². The summed E-state index contributed by atoms with van der Waals surface area (Å²) in [5, 5.41) is 9.67. The van der Waals surface area contributed by atoms with E-state index in [1.807, 2.05) is 6.07 Å². The summed E-state index contributed by atoms with van der Waals surface area (Å²) in [5.41, 5.74) is -0.225. The van der Waals surface area contributed by atoms with Crippen LogP contribution in [0.5, 0.6) is 0 Å². The van der Waals surface area contributed by atoms with E-state index < -0.39 is 11.6 Å². The number of nitriles is 1. The largest absolute Gasteiger partial charge is 0.465 e. The molecule has 0 fully saturated rings. The lowest BCUT2D eigenvalue weighted by molar-refractivity contribution is -0.139. The molecule has 0 aliphatic heterocycles. The van der Waals surface area contributed by atoms with E-state index in [1.165, 1.54) is 0 Å².